The van der Waals surface area contributed by atoms with Crippen molar-refractivity contribution in [1.82, 2.24) is 4.98 Å². The molecule has 1 N–H and O–H groups in total. The average Bonchev–Trinajstić information content (AvgIpc) is 3.23. The number of aromatic nitrogens is 1. The van der Waals surface area contributed by atoms with Gasteiger partial charge in [-0.15, -0.1) is 11.8 Å². The summed E-state index contributed by atoms with van der Waals surface area (Å²) < 4.78 is 46.4. The Kier molecular flexibility index (Phi) is 6.26. The summed E-state index contributed by atoms with van der Waals surface area (Å²) in [6.45, 7) is 0.268. The highest BCUT2D eigenvalue weighted by Gasteiger charge is 2.42. The number of H-pyrrole nitrogens is 1. The van der Waals surface area contributed by atoms with Crippen molar-refractivity contribution in [3.05, 3.63) is 108 Å². The summed E-state index contributed by atoms with van der Waals surface area (Å²) in [4.78, 5) is 16.4. The predicted molar refractivity (Wildman–Crippen MR) is 133 cm³/mol. The summed E-state index contributed by atoms with van der Waals surface area (Å²) in [5, 5.41) is 2.33. The van der Waals surface area contributed by atoms with Crippen molar-refractivity contribution >= 4 is 39.2 Å². The number of fused-ring (bicyclic) bond motifs is 2. The van der Waals surface area contributed by atoms with Gasteiger partial charge in [0.2, 0.25) is 0 Å². The Balaban J connectivity index is 1.46. The number of carbonyl (C=O) groups is 1. The largest absolute Gasteiger partial charge is 0.489 e. The second-order valence-electron chi connectivity index (χ2n) is 8.08. The van der Waals surface area contributed by atoms with Gasteiger partial charge in [0.15, 0.2) is 0 Å². The molecule has 0 saturated carbocycles. The third-order valence-corrected chi connectivity index (χ3v) is 6.70. The molecule has 35 heavy (non-hydrogen) atoms. The van der Waals surface area contributed by atoms with Crippen LogP contribution in [0, 0.1) is 0 Å². The second kappa shape index (κ2) is 9.50. The van der Waals surface area contributed by atoms with Gasteiger partial charge in [-0.1, -0.05) is 60.7 Å². The van der Waals surface area contributed by atoms with E-state index in [1.807, 2.05) is 72.8 Å². The molecule has 0 bridgehead atoms. The molecule has 176 valence electrons. The molecule has 1 aromatic heterocycles. The minimum Gasteiger partial charge on any atom is -0.489 e. The highest BCUT2D eigenvalue weighted by atomic mass is 32.2. The first-order valence-corrected chi connectivity index (χ1v) is 11.9. The molecule has 1 heterocycles. The van der Waals surface area contributed by atoms with Crippen LogP contribution in [0.3, 0.4) is 0 Å². The van der Waals surface area contributed by atoms with Gasteiger partial charge in [-0.3, -0.25) is 4.79 Å². The van der Waals surface area contributed by atoms with E-state index in [0.717, 1.165) is 21.2 Å². The number of benzene rings is 4. The van der Waals surface area contributed by atoms with Gasteiger partial charge >= 0.3 is 6.18 Å². The van der Waals surface area contributed by atoms with E-state index < -0.39 is 12.0 Å². The van der Waals surface area contributed by atoms with Crippen molar-refractivity contribution in [3.8, 4) is 5.75 Å². The lowest BCUT2D eigenvalue weighted by Gasteiger charge is -2.09. The van der Waals surface area contributed by atoms with Crippen molar-refractivity contribution in [2.24, 2.45) is 0 Å². The first kappa shape index (κ1) is 23.1. The number of aromatic amines is 1. The number of carbonyl (C=O) groups excluding carboxylic acids is 1. The number of ketones is 1. The Morgan fingerprint density at radius 2 is 1.60 bits per heavy atom. The van der Waals surface area contributed by atoms with Crippen LogP contribution < -0.4 is 4.74 Å². The summed E-state index contributed by atoms with van der Waals surface area (Å²) in [6, 6.07) is 28.0. The van der Waals surface area contributed by atoms with Gasteiger partial charge < -0.3 is 9.72 Å². The smallest absolute Gasteiger partial charge is 0.454 e. The average molecular weight is 492 g/mol. The number of nitrogens with one attached hydrogen (secondary N) is 1. The number of rotatable bonds is 7. The number of thioether (sulfide) groups is 1. The standard InChI is InChI=1S/C28H20F3NO2S/c29-28(30,31)27(33)26-23-15-21(34-16-18-6-2-1-3-7-18)11-13-24(23)32-25(26)17-35-22-12-10-19-8-4-5-9-20(19)14-22/h1-15,32H,16-17H2. The fourth-order valence-corrected chi connectivity index (χ4v) is 4.88. The molecule has 0 aliphatic carbocycles. The molecule has 0 aliphatic rings. The topological polar surface area (TPSA) is 42.1 Å². The van der Waals surface area contributed by atoms with Crippen LogP contribution in [0.1, 0.15) is 21.6 Å². The minimum atomic E-state index is -4.99. The summed E-state index contributed by atoms with van der Waals surface area (Å²) >= 11 is 1.38. The Morgan fingerprint density at radius 1 is 0.857 bits per heavy atom. The lowest BCUT2D eigenvalue weighted by molar-refractivity contribution is -0.0884. The molecule has 5 rings (SSSR count). The quantitative estimate of drug-likeness (QED) is 0.186. The highest BCUT2D eigenvalue weighted by molar-refractivity contribution is 7.98. The van der Waals surface area contributed by atoms with E-state index in [0.29, 0.717) is 11.3 Å². The van der Waals surface area contributed by atoms with Gasteiger partial charge in [-0.05, 0) is 46.7 Å². The van der Waals surface area contributed by atoms with Crippen LogP contribution in [0.5, 0.6) is 5.75 Å². The van der Waals surface area contributed by atoms with Crippen molar-refractivity contribution < 1.29 is 22.7 Å². The second-order valence-corrected chi connectivity index (χ2v) is 9.13. The molecule has 0 aliphatic heterocycles. The Labute approximate surface area is 203 Å². The summed E-state index contributed by atoms with van der Waals surface area (Å²) in [5.41, 5.74) is 1.27. The first-order valence-electron chi connectivity index (χ1n) is 10.9. The molecule has 0 radical (unpaired) electrons. The van der Waals surface area contributed by atoms with E-state index in [9.17, 15) is 18.0 Å². The van der Waals surface area contributed by atoms with Gasteiger partial charge in [0.1, 0.15) is 12.4 Å². The zero-order valence-electron chi connectivity index (χ0n) is 18.4. The zero-order valence-corrected chi connectivity index (χ0v) is 19.2. The highest BCUT2D eigenvalue weighted by Crippen LogP contribution is 2.35. The van der Waals surface area contributed by atoms with Gasteiger partial charge in [0, 0.05) is 27.2 Å². The number of halogens is 3. The molecule has 3 nitrogen and oxygen atoms in total. The normalized spacial score (nSPS) is 11.7. The zero-order chi connectivity index (χ0) is 24.4. The molecule has 5 aromatic rings. The van der Waals surface area contributed by atoms with E-state index in [1.165, 1.54) is 17.8 Å². The minimum absolute atomic E-state index is 0.185. The van der Waals surface area contributed by atoms with Crippen LogP contribution in [0.4, 0.5) is 13.2 Å². The maximum Gasteiger partial charge on any atom is 0.454 e. The van der Waals surface area contributed by atoms with Crippen LogP contribution in [-0.4, -0.2) is 16.9 Å². The number of ether oxygens (including phenoxy) is 1. The maximum atomic E-state index is 13.5. The van der Waals surface area contributed by atoms with Crippen LogP contribution >= 0.6 is 11.8 Å². The van der Waals surface area contributed by atoms with E-state index in [1.54, 1.807) is 12.1 Å². The van der Waals surface area contributed by atoms with E-state index in [4.69, 9.17) is 4.74 Å². The third-order valence-electron chi connectivity index (χ3n) is 5.68. The van der Waals surface area contributed by atoms with Crippen molar-refractivity contribution in [2.75, 3.05) is 0 Å². The molecular formula is C28H20F3NO2S. The van der Waals surface area contributed by atoms with Crippen LogP contribution in [0.25, 0.3) is 21.7 Å². The van der Waals surface area contributed by atoms with E-state index in [2.05, 4.69) is 4.98 Å². The molecule has 0 atom stereocenters. The van der Waals surface area contributed by atoms with Crippen LogP contribution in [0.15, 0.2) is 95.9 Å². The Morgan fingerprint density at radius 3 is 2.37 bits per heavy atom. The molecule has 0 amide bonds. The van der Waals surface area contributed by atoms with Crippen LogP contribution in [0.2, 0.25) is 0 Å². The molecule has 0 saturated heterocycles. The monoisotopic (exact) mass is 491 g/mol. The van der Waals surface area contributed by atoms with Gasteiger partial charge in [0.25, 0.3) is 5.78 Å². The number of Topliss-reactive ketones (excluding diaryl/α,β-unsaturated/α-hetero) is 1. The van der Waals surface area contributed by atoms with E-state index >= 15 is 0 Å². The molecule has 0 spiro atoms. The molecule has 7 heteroatoms. The van der Waals surface area contributed by atoms with Gasteiger partial charge in [-0.2, -0.15) is 13.2 Å². The molecule has 0 unspecified atom stereocenters. The first-order chi connectivity index (χ1) is 16.9. The summed E-state index contributed by atoms with van der Waals surface area (Å²) in [7, 11) is 0. The number of alkyl halides is 3. The van der Waals surface area contributed by atoms with Crippen molar-refractivity contribution in [3.63, 3.8) is 0 Å². The number of hydrogen-bond acceptors (Lipinski definition) is 3. The fourth-order valence-electron chi connectivity index (χ4n) is 3.98. The lowest BCUT2D eigenvalue weighted by Crippen LogP contribution is -2.23. The fraction of sp³-hybridized carbons (Fsp3) is 0.107. The predicted octanol–water partition coefficient (Wildman–Crippen LogP) is 7.94. The molecule has 4 aromatic carbocycles. The van der Waals surface area contributed by atoms with Crippen LogP contribution in [-0.2, 0) is 12.4 Å². The van der Waals surface area contributed by atoms with Crippen molar-refractivity contribution in [2.45, 2.75) is 23.4 Å². The SMILES string of the molecule is O=C(c1c(CSc2ccc3ccccc3c2)[nH]c2ccc(OCc3ccccc3)cc12)C(F)(F)F. The summed E-state index contributed by atoms with van der Waals surface area (Å²) in [5.74, 6) is -1.28. The van der Waals surface area contributed by atoms with Gasteiger partial charge in [0.05, 0.1) is 5.56 Å². The Bertz CT molecular complexity index is 1510. The van der Waals surface area contributed by atoms with E-state index in [-0.39, 0.29) is 29.0 Å². The Hall–Kier alpha value is -3.71. The van der Waals surface area contributed by atoms with Gasteiger partial charge in [-0.25, -0.2) is 0 Å². The maximum absolute atomic E-state index is 13.5. The third kappa shape index (κ3) is 5.05. The molecular weight excluding hydrogens is 471 g/mol. The number of hydrogen-bond donors (Lipinski definition) is 1. The summed E-state index contributed by atoms with van der Waals surface area (Å²) in [6.07, 6.45) is -4.99. The lowest BCUT2D eigenvalue weighted by atomic mass is 10.1. The van der Waals surface area contributed by atoms with Crippen molar-refractivity contribution in [1.29, 1.82) is 0 Å². The molecule has 0 fully saturated rings.